The van der Waals surface area contributed by atoms with E-state index in [0.717, 1.165) is 45.0 Å². The highest BCUT2D eigenvalue weighted by molar-refractivity contribution is 5.79. The molecule has 0 spiro atoms. The number of guanidine groups is 1. The van der Waals surface area contributed by atoms with E-state index < -0.39 is 0 Å². The summed E-state index contributed by atoms with van der Waals surface area (Å²) in [4.78, 5) is 4.28. The van der Waals surface area contributed by atoms with E-state index in [9.17, 15) is 0 Å². The monoisotopic (exact) mass is 333 g/mol. The van der Waals surface area contributed by atoms with Gasteiger partial charge >= 0.3 is 0 Å². The fraction of sp³-hybridized carbons (Fsp3) is 0.632. The first-order valence-corrected chi connectivity index (χ1v) is 8.95. The molecule has 0 amide bonds. The average molecular weight is 333 g/mol. The standard InChI is InChI=1S/C19H31N3O2/c1-4-16-5-7-17(8-6-16)9-11-21-19(20-3)22-15(2)13-24-18-10-12-23-14-18/h5-8,15,18H,4,9-14H2,1-3H3,(H2,20,21,22). The number of rotatable bonds is 8. The van der Waals surface area contributed by atoms with E-state index in [1.54, 1.807) is 7.05 Å². The van der Waals surface area contributed by atoms with Gasteiger partial charge in [-0.1, -0.05) is 31.2 Å². The van der Waals surface area contributed by atoms with Gasteiger partial charge in [-0.2, -0.15) is 0 Å². The van der Waals surface area contributed by atoms with Crippen LogP contribution in [0.2, 0.25) is 0 Å². The van der Waals surface area contributed by atoms with Crippen LogP contribution in [0.3, 0.4) is 0 Å². The first-order valence-electron chi connectivity index (χ1n) is 8.95. The van der Waals surface area contributed by atoms with Gasteiger partial charge in [-0.15, -0.1) is 0 Å². The number of hydrogen-bond acceptors (Lipinski definition) is 3. The number of nitrogens with one attached hydrogen (secondary N) is 2. The lowest BCUT2D eigenvalue weighted by Gasteiger charge is -2.19. The number of aryl methyl sites for hydroxylation is 1. The van der Waals surface area contributed by atoms with E-state index in [1.165, 1.54) is 11.1 Å². The van der Waals surface area contributed by atoms with Gasteiger partial charge in [0.05, 0.1) is 19.3 Å². The second kappa shape index (κ2) is 10.3. The van der Waals surface area contributed by atoms with Crippen LogP contribution in [0, 0.1) is 0 Å². The number of aliphatic imine (C=N–C) groups is 1. The molecule has 1 aromatic rings. The smallest absolute Gasteiger partial charge is 0.191 e. The normalized spacial score (nSPS) is 19.3. The summed E-state index contributed by atoms with van der Waals surface area (Å²) in [6.07, 6.45) is 3.31. The van der Waals surface area contributed by atoms with Gasteiger partial charge in [0.25, 0.3) is 0 Å². The van der Waals surface area contributed by atoms with Crippen LogP contribution < -0.4 is 10.6 Å². The van der Waals surface area contributed by atoms with Crippen LogP contribution in [-0.2, 0) is 22.3 Å². The molecule has 24 heavy (non-hydrogen) atoms. The molecule has 1 aromatic carbocycles. The van der Waals surface area contributed by atoms with E-state index in [2.05, 4.69) is 53.7 Å². The third-order valence-electron chi connectivity index (χ3n) is 4.21. The van der Waals surface area contributed by atoms with Gasteiger partial charge in [0.1, 0.15) is 0 Å². The topological polar surface area (TPSA) is 54.9 Å². The molecule has 0 aliphatic carbocycles. The van der Waals surface area contributed by atoms with Crippen LogP contribution in [-0.4, -0.2) is 51.5 Å². The average Bonchev–Trinajstić information content (AvgIpc) is 3.13. The maximum absolute atomic E-state index is 5.84. The van der Waals surface area contributed by atoms with E-state index in [4.69, 9.17) is 9.47 Å². The fourth-order valence-electron chi connectivity index (χ4n) is 2.66. The second-order valence-electron chi connectivity index (χ2n) is 6.28. The first kappa shape index (κ1) is 18.7. The van der Waals surface area contributed by atoms with Crippen molar-refractivity contribution in [2.75, 3.05) is 33.4 Å². The van der Waals surface area contributed by atoms with Crippen molar-refractivity contribution in [3.05, 3.63) is 35.4 Å². The molecule has 1 fully saturated rings. The van der Waals surface area contributed by atoms with Gasteiger partial charge in [-0.25, -0.2) is 0 Å². The van der Waals surface area contributed by atoms with Crippen molar-refractivity contribution in [3.8, 4) is 0 Å². The van der Waals surface area contributed by atoms with Crippen molar-refractivity contribution >= 4 is 5.96 Å². The first-order chi connectivity index (χ1) is 11.7. The number of benzene rings is 1. The Bertz CT molecular complexity index is 496. The van der Waals surface area contributed by atoms with Crippen molar-refractivity contribution < 1.29 is 9.47 Å². The molecule has 2 unspecified atom stereocenters. The lowest BCUT2D eigenvalue weighted by molar-refractivity contribution is 0.0347. The minimum absolute atomic E-state index is 0.209. The lowest BCUT2D eigenvalue weighted by Crippen LogP contribution is -2.45. The Morgan fingerprint density at radius 3 is 2.71 bits per heavy atom. The third kappa shape index (κ3) is 6.49. The Labute approximate surface area is 145 Å². The molecule has 1 saturated heterocycles. The molecule has 2 N–H and O–H groups in total. The van der Waals surface area contributed by atoms with Gasteiger partial charge in [-0.3, -0.25) is 4.99 Å². The minimum atomic E-state index is 0.209. The SMILES string of the molecule is CCc1ccc(CCNC(=NC)NC(C)COC2CCOC2)cc1. The number of ether oxygens (including phenoxy) is 2. The highest BCUT2D eigenvalue weighted by Gasteiger charge is 2.17. The Kier molecular flexibility index (Phi) is 8.05. The summed E-state index contributed by atoms with van der Waals surface area (Å²) >= 11 is 0. The van der Waals surface area contributed by atoms with Crippen molar-refractivity contribution in [2.24, 2.45) is 4.99 Å². The lowest BCUT2D eigenvalue weighted by atomic mass is 10.1. The summed E-state index contributed by atoms with van der Waals surface area (Å²) in [6, 6.07) is 9.03. The van der Waals surface area contributed by atoms with Crippen molar-refractivity contribution in [2.45, 2.75) is 45.3 Å². The molecule has 2 atom stereocenters. The van der Waals surface area contributed by atoms with Crippen LogP contribution in [0.5, 0.6) is 0 Å². The number of nitrogens with zero attached hydrogens (tertiary/aromatic N) is 1. The zero-order valence-corrected chi connectivity index (χ0v) is 15.2. The predicted molar refractivity (Wildman–Crippen MR) is 98.7 cm³/mol. The summed E-state index contributed by atoms with van der Waals surface area (Å²) in [5.41, 5.74) is 2.72. The molecule has 2 rings (SSSR count). The Morgan fingerprint density at radius 1 is 1.33 bits per heavy atom. The molecule has 0 bridgehead atoms. The Hall–Kier alpha value is -1.59. The molecule has 0 aromatic heterocycles. The van der Waals surface area contributed by atoms with Crippen LogP contribution in [0.25, 0.3) is 0 Å². The van der Waals surface area contributed by atoms with E-state index in [0.29, 0.717) is 6.61 Å². The highest BCUT2D eigenvalue weighted by Crippen LogP contribution is 2.08. The second-order valence-corrected chi connectivity index (χ2v) is 6.28. The minimum Gasteiger partial charge on any atom is -0.379 e. The van der Waals surface area contributed by atoms with Crippen LogP contribution >= 0.6 is 0 Å². The molecule has 5 heteroatoms. The molecule has 1 heterocycles. The molecular weight excluding hydrogens is 302 g/mol. The molecular formula is C19H31N3O2. The van der Waals surface area contributed by atoms with Crippen molar-refractivity contribution in [3.63, 3.8) is 0 Å². The molecule has 1 aliphatic heterocycles. The molecule has 5 nitrogen and oxygen atoms in total. The molecule has 134 valence electrons. The van der Waals surface area contributed by atoms with E-state index >= 15 is 0 Å². The Morgan fingerprint density at radius 2 is 2.08 bits per heavy atom. The summed E-state index contributed by atoms with van der Waals surface area (Å²) in [6.45, 7) is 7.33. The van der Waals surface area contributed by atoms with Gasteiger partial charge in [0.15, 0.2) is 5.96 Å². The Balaban J connectivity index is 1.65. The summed E-state index contributed by atoms with van der Waals surface area (Å²) in [7, 11) is 1.80. The highest BCUT2D eigenvalue weighted by atomic mass is 16.5. The largest absolute Gasteiger partial charge is 0.379 e. The van der Waals surface area contributed by atoms with Crippen LogP contribution in [0.4, 0.5) is 0 Å². The third-order valence-corrected chi connectivity index (χ3v) is 4.21. The fourth-order valence-corrected chi connectivity index (χ4v) is 2.66. The van der Waals surface area contributed by atoms with Gasteiger partial charge in [-0.05, 0) is 37.3 Å². The maximum Gasteiger partial charge on any atom is 0.191 e. The quantitative estimate of drug-likeness (QED) is 0.565. The van der Waals surface area contributed by atoms with Crippen LogP contribution in [0.1, 0.15) is 31.4 Å². The van der Waals surface area contributed by atoms with Crippen LogP contribution in [0.15, 0.2) is 29.3 Å². The van der Waals surface area contributed by atoms with Gasteiger partial charge in [0, 0.05) is 26.2 Å². The molecule has 1 aliphatic rings. The maximum atomic E-state index is 5.84. The van der Waals surface area contributed by atoms with E-state index in [1.807, 2.05) is 0 Å². The zero-order valence-electron chi connectivity index (χ0n) is 15.2. The van der Waals surface area contributed by atoms with Crippen molar-refractivity contribution in [1.82, 2.24) is 10.6 Å². The van der Waals surface area contributed by atoms with Crippen molar-refractivity contribution in [1.29, 1.82) is 0 Å². The molecule has 0 saturated carbocycles. The molecule has 0 radical (unpaired) electrons. The summed E-state index contributed by atoms with van der Waals surface area (Å²) in [5.74, 6) is 0.818. The van der Waals surface area contributed by atoms with E-state index in [-0.39, 0.29) is 12.1 Å². The zero-order chi connectivity index (χ0) is 17.2. The van der Waals surface area contributed by atoms with Gasteiger partial charge < -0.3 is 20.1 Å². The number of hydrogen-bond donors (Lipinski definition) is 2. The summed E-state index contributed by atoms with van der Waals surface area (Å²) in [5, 5.41) is 6.73. The summed E-state index contributed by atoms with van der Waals surface area (Å²) < 4.78 is 11.2. The van der Waals surface area contributed by atoms with Gasteiger partial charge in [0.2, 0.25) is 0 Å². The predicted octanol–water partition coefficient (Wildman–Crippen LogP) is 2.15.